The molecule has 28 heavy (non-hydrogen) atoms. The highest BCUT2D eigenvalue weighted by Crippen LogP contribution is 2.43. The highest BCUT2D eigenvalue weighted by molar-refractivity contribution is 5.86. The summed E-state index contributed by atoms with van der Waals surface area (Å²) in [7, 11) is 0. The van der Waals surface area contributed by atoms with Gasteiger partial charge in [-0.15, -0.1) is 0 Å². The summed E-state index contributed by atoms with van der Waals surface area (Å²) in [6.07, 6.45) is 1.67. The van der Waals surface area contributed by atoms with Gasteiger partial charge in [0.1, 0.15) is 0 Å². The molecule has 2 fully saturated rings. The van der Waals surface area contributed by atoms with Crippen molar-refractivity contribution < 1.29 is 19.4 Å². The third kappa shape index (κ3) is 3.67. The molecule has 0 aromatic heterocycles. The van der Waals surface area contributed by atoms with E-state index in [4.69, 9.17) is 4.74 Å². The Morgan fingerprint density at radius 2 is 1.46 bits per heavy atom. The fourth-order valence-electron chi connectivity index (χ4n) is 4.68. The molecule has 4 rings (SSSR count). The third-order valence-electron chi connectivity index (χ3n) is 6.00. The van der Waals surface area contributed by atoms with Gasteiger partial charge in [-0.1, -0.05) is 60.7 Å². The second kappa shape index (κ2) is 8.15. The largest absolute Gasteiger partial charge is 0.481 e. The molecule has 2 aliphatic heterocycles. The molecule has 2 heterocycles. The Morgan fingerprint density at radius 1 is 0.929 bits per heavy atom. The van der Waals surface area contributed by atoms with Crippen LogP contribution in [0.4, 0.5) is 0 Å². The molecule has 5 nitrogen and oxygen atoms in total. The lowest BCUT2D eigenvalue weighted by Gasteiger charge is -2.24. The van der Waals surface area contributed by atoms with Gasteiger partial charge in [-0.05, 0) is 30.4 Å². The average Bonchev–Trinajstić information content (AvgIpc) is 3.34. The van der Waals surface area contributed by atoms with Crippen LogP contribution in [0.25, 0.3) is 0 Å². The summed E-state index contributed by atoms with van der Waals surface area (Å²) in [6.45, 7) is 0.494. The Hall–Kier alpha value is -2.66. The molecule has 0 radical (unpaired) electrons. The van der Waals surface area contributed by atoms with Gasteiger partial charge in [-0.3, -0.25) is 9.59 Å². The fraction of sp³-hybridized carbons (Fsp3) is 0.391. The van der Waals surface area contributed by atoms with Gasteiger partial charge in [-0.2, -0.15) is 0 Å². The first-order chi connectivity index (χ1) is 13.6. The normalized spacial score (nSPS) is 25.8. The van der Waals surface area contributed by atoms with Gasteiger partial charge >= 0.3 is 5.97 Å². The molecule has 2 bridgehead atoms. The number of nitrogens with one attached hydrogen (secondary N) is 1. The van der Waals surface area contributed by atoms with E-state index in [0.717, 1.165) is 19.3 Å². The number of aliphatic carboxylic acids is 1. The van der Waals surface area contributed by atoms with Crippen molar-refractivity contribution in [1.29, 1.82) is 0 Å². The Kier molecular flexibility index (Phi) is 5.44. The molecule has 0 saturated carbocycles. The van der Waals surface area contributed by atoms with Crippen LogP contribution in [0.5, 0.6) is 0 Å². The number of hydrogen-bond acceptors (Lipinski definition) is 3. The maximum atomic E-state index is 12.8. The van der Waals surface area contributed by atoms with Crippen molar-refractivity contribution in [2.24, 2.45) is 11.8 Å². The molecular weight excluding hydrogens is 354 g/mol. The second-order valence-electron chi connectivity index (χ2n) is 7.63. The number of ether oxygens (including phenoxy) is 1. The van der Waals surface area contributed by atoms with Crippen molar-refractivity contribution in [2.75, 3.05) is 6.54 Å². The highest BCUT2D eigenvalue weighted by Gasteiger charge is 2.55. The fourth-order valence-corrected chi connectivity index (χ4v) is 4.68. The number of hydrogen-bond donors (Lipinski definition) is 2. The van der Waals surface area contributed by atoms with Gasteiger partial charge in [0.05, 0.1) is 24.0 Å². The standard InChI is InChI=1S/C23H25NO4/c25-22(20-18-11-12-19(28-18)21(20)23(26)27)24-14-13-17(15-7-3-1-4-8-15)16-9-5-2-6-10-16/h1-10,17-21H,11-14H2,(H,24,25)(H,26,27)/t18-,19-,20+,21-/m1/s1. The number of rotatable bonds is 7. The minimum atomic E-state index is -0.932. The van der Waals surface area contributed by atoms with Crippen molar-refractivity contribution in [1.82, 2.24) is 5.32 Å². The molecule has 2 aromatic rings. The van der Waals surface area contributed by atoms with Crippen LogP contribution in [-0.4, -0.2) is 35.7 Å². The summed E-state index contributed by atoms with van der Waals surface area (Å²) in [5, 5.41) is 12.5. The van der Waals surface area contributed by atoms with E-state index in [9.17, 15) is 14.7 Å². The van der Waals surface area contributed by atoms with E-state index in [0.29, 0.717) is 6.54 Å². The first-order valence-electron chi connectivity index (χ1n) is 9.91. The number of carbonyl (C=O) groups excluding carboxylic acids is 1. The Labute approximate surface area is 164 Å². The van der Waals surface area contributed by atoms with Crippen LogP contribution < -0.4 is 5.32 Å². The summed E-state index contributed by atoms with van der Waals surface area (Å²) < 4.78 is 5.70. The number of amides is 1. The van der Waals surface area contributed by atoms with Crippen molar-refractivity contribution in [3.05, 3.63) is 71.8 Å². The molecule has 2 saturated heterocycles. The van der Waals surface area contributed by atoms with Gasteiger partial charge in [-0.25, -0.2) is 0 Å². The maximum absolute atomic E-state index is 12.8. The lowest BCUT2D eigenvalue weighted by atomic mass is 9.78. The minimum Gasteiger partial charge on any atom is -0.481 e. The van der Waals surface area contributed by atoms with E-state index in [1.54, 1.807) is 0 Å². The molecule has 5 heteroatoms. The van der Waals surface area contributed by atoms with Gasteiger partial charge in [0.2, 0.25) is 5.91 Å². The zero-order chi connectivity index (χ0) is 19.5. The van der Waals surface area contributed by atoms with Gasteiger partial charge in [0.25, 0.3) is 0 Å². The van der Waals surface area contributed by atoms with Crippen LogP contribution in [0.1, 0.15) is 36.3 Å². The van der Waals surface area contributed by atoms with Crippen molar-refractivity contribution in [3.63, 3.8) is 0 Å². The summed E-state index contributed by atoms with van der Waals surface area (Å²) in [5.41, 5.74) is 2.41. The van der Waals surface area contributed by atoms with E-state index in [-0.39, 0.29) is 24.0 Å². The molecule has 0 spiro atoms. The van der Waals surface area contributed by atoms with E-state index >= 15 is 0 Å². The van der Waals surface area contributed by atoms with Crippen molar-refractivity contribution in [3.8, 4) is 0 Å². The summed E-state index contributed by atoms with van der Waals surface area (Å²) in [6, 6.07) is 20.5. The van der Waals surface area contributed by atoms with E-state index < -0.39 is 17.8 Å². The third-order valence-corrected chi connectivity index (χ3v) is 6.00. The molecule has 1 amide bonds. The molecule has 2 aliphatic rings. The van der Waals surface area contributed by atoms with Crippen LogP contribution in [0.3, 0.4) is 0 Å². The van der Waals surface area contributed by atoms with Crippen molar-refractivity contribution >= 4 is 11.9 Å². The van der Waals surface area contributed by atoms with Crippen LogP contribution >= 0.6 is 0 Å². The van der Waals surface area contributed by atoms with Crippen LogP contribution in [-0.2, 0) is 14.3 Å². The second-order valence-corrected chi connectivity index (χ2v) is 7.63. The Morgan fingerprint density at radius 3 is 2.00 bits per heavy atom. The zero-order valence-corrected chi connectivity index (χ0v) is 15.7. The van der Waals surface area contributed by atoms with Crippen LogP contribution in [0.2, 0.25) is 0 Å². The SMILES string of the molecule is O=C(NCCC(c1ccccc1)c1ccccc1)[C@@H]1[C@H](C(=O)O)[C@H]2CC[C@H]1O2. The van der Waals surface area contributed by atoms with E-state index in [1.165, 1.54) is 11.1 Å². The lowest BCUT2D eigenvalue weighted by Crippen LogP contribution is -2.44. The van der Waals surface area contributed by atoms with Crippen LogP contribution in [0.15, 0.2) is 60.7 Å². The van der Waals surface area contributed by atoms with Crippen molar-refractivity contribution in [2.45, 2.75) is 37.4 Å². The predicted octanol–water partition coefficient (Wildman–Crippen LogP) is 3.20. The van der Waals surface area contributed by atoms with Gasteiger partial charge < -0.3 is 15.2 Å². The molecule has 0 aliphatic carbocycles. The maximum Gasteiger partial charge on any atom is 0.310 e. The van der Waals surface area contributed by atoms with E-state index in [2.05, 4.69) is 29.6 Å². The summed E-state index contributed by atoms with van der Waals surface area (Å²) >= 11 is 0. The predicted molar refractivity (Wildman–Crippen MR) is 105 cm³/mol. The molecule has 2 aromatic carbocycles. The summed E-state index contributed by atoms with van der Waals surface area (Å²) in [4.78, 5) is 24.3. The van der Waals surface area contributed by atoms with Crippen LogP contribution in [0, 0.1) is 11.8 Å². The number of carboxylic acid groups (broad SMARTS) is 1. The molecule has 0 unspecified atom stereocenters. The Balaban J connectivity index is 1.42. The van der Waals surface area contributed by atoms with E-state index in [1.807, 2.05) is 36.4 Å². The molecular formula is C23H25NO4. The molecule has 2 N–H and O–H groups in total. The molecule has 4 atom stereocenters. The number of benzene rings is 2. The summed E-state index contributed by atoms with van der Waals surface area (Å²) in [5.74, 6) is -2.26. The quantitative estimate of drug-likeness (QED) is 0.775. The Bertz CT molecular complexity index is 784. The average molecular weight is 379 g/mol. The first kappa shape index (κ1) is 18.7. The monoisotopic (exact) mass is 379 g/mol. The van der Waals surface area contributed by atoms with Gasteiger partial charge in [0.15, 0.2) is 0 Å². The topological polar surface area (TPSA) is 75.6 Å². The number of carbonyl (C=O) groups is 2. The highest BCUT2D eigenvalue weighted by atomic mass is 16.5. The lowest BCUT2D eigenvalue weighted by molar-refractivity contribution is -0.147. The molecule has 146 valence electrons. The minimum absolute atomic E-state index is 0.175. The zero-order valence-electron chi connectivity index (χ0n) is 15.7. The first-order valence-corrected chi connectivity index (χ1v) is 9.91. The smallest absolute Gasteiger partial charge is 0.310 e. The number of carboxylic acids is 1. The van der Waals surface area contributed by atoms with Gasteiger partial charge in [0, 0.05) is 12.5 Å². The number of fused-ring (bicyclic) bond motifs is 2.